The number of rotatable bonds is 7. The lowest BCUT2D eigenvalue weighted by Gasteiger charge is -2.23. The maximum absolute atomic E-state index is 11.4. The van der Waals surface area contributed by atoms with Crippen LogP contribution in [0.4, 0.5) is 0 Å². The van der Waals surface area contributed by atoms with Gasteiger partial charge in [-0.25, -0.2) is 0 Å². The molecule has 1 N–H and O–H groups in total. The highest BCUT2D eigenvalue weighted by Crippen LogP contribution is 2.09. The van der Waals surface area contributed by atoms with Crippen LogP contribution in [0, 0.1) is 0 Å². The minimum absolute atomic E-state index is 0. The van der Waals surface area contributed by atoms with Crippen molar-refractivity contribution < 1.29 is 14.7 Å². The summed E-state index contributed by atoms with van der Waals surface area (Å²) in [5.41, 5.74) is 0. The lowest BCUT2D eigenvalue weighted by Crippen LogP contribution is -2.38. The number of likely N-dealkylation sites (tertiary alicyclic amines) is 1. The number of carbonyl (C=O) groups excluding carboxylic acids is 1. The molecule has 1 rings (SSSR count). The van der Waals surface area contributed by atoms with Crippen molar-refractivity contribution in [3.05, 3.63) is 0 Å². The molecule has 1 heterocycles. The van der Waals surface area contributed by atoms with Crippen molar-refractivity contribution in [1.82, 2.24) is 9.80 Å². The Kier molecular flexibility index (Phi) is 7.91. The molecule has 0 aromatic carbocycles. The molecular formula is C11H21ClN2O3. The average Bonchev–Trinajstić information content (AvgIpc) is 2.60. The summed E-state index contributed by atoms with van der Waals surface area (Å²) >= 11 is 0. The molecule has 0 aliphatic carbocycles. The summed E-state index contributed by atoms with van der Waals surface area (Å²) in [6.45, 7) is 5.00. The van der Waals surface area contributed by atoms with Crippen molar-refractivity contribution in [3.63, 3.8) is 0 Å². The highest BCUT2D eigenvalue weighted by Gasteiger charge is 2.20. The van der Waals surface area contributed by atoms with Gasteiger partial charge in [-0.2, -0.15) is 0 Å². The zero-order valence-electron chi connectivity index (χ0n) is 10.2. The van der Waals surface area contributed by atoms with Crippen LogP contribution in [-0.2, 0) is 9.59 Å². The van der Waals surface area contributed by atoms with E-state index in [1.54, 1.807) is 0 Å². The largest absolute Gasteiger partial charge is 0.480 e. The van der Waals surface area contributed by atoms with Gasteiger partial charge in [-0.3, -0.25) is 14.5 Å². The highest BCUT2D eigenvalue weighted by atomic mass is 35.5. The first kappa shape index (κ1) is 16.2. The molecule has 0 bridgehead atoms. The average molecular weight is 265 g/mol. The number of amides is 1. The van der Waals surface area contributed by atoms with Gasteiger partial charge in [0.1, 0.15) is 0 Å². The molecule has 1 aliphatic heterocycles. The summed E-state index contributed by atoms with van der Waals surface area (Å²) in [5.74, 6) is -0.604. The predicted molar refractivity (Wildman–Crippen MR) is 67.4 cm³/mol. The van der Waals surface area contributed by atoms with E-state index in [4.69, 9.17) is 5.11 Å². The second-order valence-electron chi connectivity index (χ2n) is 4.15. The van der Waals surface area contributed by atoms with Crippen LogP contribution in [0.25, 0.3) is 0 Å². The summed E-state index contributed by atoms with van der Waals surface area (Å²) < 4.78 is 0. The normalized spacial score (nSPS) is 15.2. The van der Waals surface area contributed by atoms with Crippen molar-refractivity contribution in [2.45, 2.75) is 26.2 Å². The van der Waals surface area contributed by atoms with Gasteiger partial charge in [-0.1, -0.05) is 6.92 Å². The molecule has 0 radical (unpaired) electrons. The molecule has 0 spiro atoms. The Labute approximate surface area is 108 Å². The Bertz CT molecular complexity index is 261. The molecule has 17 heavy (non-hydrogen) atoms. The van der Waals surface area contributed by atoms with Gasteiger partial charge in [0, 0.05) is 26.1 Å². The number of hydrogen-bond acceptors (Lipinski definition) is 3. The Morgan fingerprint density at radius 2 is 2.18 bits per heavy atom. The third-order valence-corrected chi connectivity index (χ3v) is 2.76. The standard InChI is InChI=1S/C11H20N2O3.ClH/c1-2-5-12(9-11(15)16)7-8-13-6-3-4-10(13)14;/h2-9H2,1H3,(H,15,16);1H. The fourth-order valence-corrected chi connectivity index (χ4v) is 1.98. The van der Waals surface area contributed by atoms with Gasteiger partial charge in [-0.05, 0) is 19.4 Å². The fourth-order valence-electron chi connectivity index (χ4n) is 1.98. The maximum Gasteiger partial charge on any atom is 0.317 e. The highest BCUT2D eigenvalue weighted by molar-refractivity contribution is 5.85. The van der Waals surface area contributed by atoms with Crippen LogP contribution in [0.3, 0.4) is 0 Å². The Hall–Kier alpha value is -0.810. The van der Waals surface area contributed by atoms with Gasteiger partial charge in [0.05, 0.1) is 6.54 Å². The maximum atomic E-state index is 11.4. The predicted octanol–water partition coefficient (Wildman–Crippen LogP) is 0.827. The van der Waals surface area contributed by atoms with Gasteiger partial charge < -0.3 is 10.0 Å². The molecule has 1 fully saturated rings. The molecular weight excluding hydrogens is 244 g/mol. The van der Waals surface area contributed by atoms with Crippen LogP contribution < -0.4 is 0 Å². The van der Waals surface area contributed by atoms with Crippen molar-refractivity contribution in [2.24, 2.45) is 0 Å². The summed E-state index contributed by atoms with van der Waals surface area (Å²) in [7, 11) is 0. The van der Waals surface area contributed by atoms with E-state index in [1.165, 1.54) is 0 Å². The zero-order valence-corrected chi connectivity index (χ0v) is 11.0. The van der Waals surface area contributed by atoms with Crippen LogP contribution in [0.2, 0.25) is 0 Å². The molecule has 1 aliphatic rings. The SMILES string of the molecule is CCCN(CCN1CCCC1=O)CC(=O)O.Cl. The molecule has 0 unspecified atom stereocenters. The van der Waals surface area contributed by atoms with E-state index in [-0.39, 0.29) is 24.9 Å². The molecule has 0 aromatic rings. The van der Waals surface area contributed by atoms with E-state index in [0.717, 1.165) is 25.9 Å². The van der Waals surface area contributed by atoms with E-state index < -0.39 is 5.97 Å². The zero-order chi connectivity index (χ0) is 12.0. The molecule has 0 saturated carbocycles. The van der Waals surface area contributed by atoms with E-state index in [9.17, 15) is 9.59 Å². The Morgan fingerprint density at radius 1 is 1.47 bits per heavy atom. The fraction of sp³-hybridized carbons (Fsp3) is 0.818. The lowest BCUT2D eigenvalue weighted by molar-refractivity contribution is -0.138. The van der Waals surface area contributed by atoms with E-state index in [0.29, 0.717) is 19.5 Å². The summed E-state index contributed by atoms with van der Waals surface area (Å²) in [5, 5.41) is 8.73. The number of carboxylic acid groups (broad SMARTS) is 1. The van der Waals surface area contributed by atoms with Gasteiger partial charge in [-0.15, -0.1) is 12.4 Å². The van der Waals surface area contributed by atoms with Crippen LogP contribution in [0.1, 0.15) is 26.2 Å². The quantitative estimate of drug-likeness (QED) is 0.740. The number of carboxylic acids is 1. The second kappa shape index (κ2) is 8.31. The van der Waals surface area contributed by atoms with Gasteiger partial charge in [0.2, 0.25) is 5.91 Å². The van der Waals surface area contributed by atoms with Crippen molar-refractivity contribution in [3.8, 4) is 0 Å². The smallest absolute Gasteiger partial charge is 0.317 e. The number of aliphatic carboxylic acids is 1. The minimum Gasteiger partial charge on any atom is -0.480 e. The molecule has 6 heteroatoms. The first-order chi connectivity index (χ1) is 7.63. The summed E-state index contributed by atoms with van der Waals surface area (Å²) in [6.07, 6.45) is 2.51. The Morgan fingerprint density at radius 3 is 2.65 bits per heavy atom. The number of hydrogen-bond donors (Lipinski definition) is 1. The van der Waals surface area contributed by atoms with Crippen LogP contribution in [0.5, 0.6) is 0 Å². The van der Waals surface area contributed by atoms with Gasteiger partial charge >= 0.3 is 5.97 Å². The summed E-state index contributed by atoms with van der Waals surface area (Å²) in [4.78, 5) is 25.7. The summed E-state index contributed by atoms with van der Waals surface area (Å²) in [6, 6.07) is 0. The van der Waals surface area contributed by atoms with E-state index in [1.807, 2.05) is 16.7 Å². The monoisotopic (exact) mass is 264 g/mol. The van der Waals surface area contributed by atoms with Crippen molar-refractivity contribution in [1.29, 1.82) is 0 Å². The molecule has 0 aromatic heterocycles. The second-order valence-corrected chi connectivity index (χ2v) is 4.15. The first-order valence-electron chi connectivity index (χ1n) is 5.85. The molecule has 1 saturated heterocycles. The van der Waals surface area contributed by atoms with Gasteiger partial charge in [0.25, 0.3) is 0 Å². The number of halogens is 1. The molecule has 100 valence electrons. The van der Waals surface area contributed by atoms with Gasteiger partial charge in [0.15, 0.2) is 0 Å². The van der Waals surface area contributed by atoms with Crippen LogP contribution in [0.15, 0.2) is 0 Å². The minimum atomic E-state index is -0.804. The third kappa shape index (κ3) is 5.89. The molecule has 1 amide bonds. The van der Waals surface area contributed by atoms with Crippen LogP contribution in [-0.4, -0.2) is 59.5 Å². The number of carbonyl (C=O) groups is 2. The van der Waals surface area contributed by atoms with Crippen LogP contribution >= 0.6 is 12.4 Å². The lowest BCUT2D eigenvalue weighted by atomic mass is 10.3. The van der Waals surface area contributed by atoms with E-state index in [2.05, 4.69) is 0 Å². The molecule has 0 atom stereocenters. The van der Waals surface area contributed by atoms with Crippen molar-refractivity contribution >= 4 is 24.3 Å². The topological polar surface area (TPSA) is 60.9 Å². The third-order valence-electron chi connectivity index (χ3n) is 2.76. The molecule has 5 nitrogen and oxygen atoms in total. The first-order valence-corrected chi connectivity index (χ1v) is 5.85. The number of nitrogens with zero attached hydrogens (tertiary/aromatic N) is 2. The van der Waals surface area contributed by atoms with Crippen molar-refractivity contribution in [2.75, 3.05) is 32.7 Å². The van der Waals surface area contributed by atoms with E-state index >= 15 is 0 Å². The Balaban J connectivity index is 0.00000256.